The molecule has 0 unspecified atom stereocenters. The fourth-order valence-electron chi connectivity index (χ4n) is 4.15. The Balaban J connectivity index is 1.46. The molecule has 3 heterocycles. The molecule has 0 aliphatic carbocycles. The largest absolute Gasteiger partial charge is 0.326 e. The minimum atomic E-state index is -0.0788. The highest BCUT2D eigenvalue weighted by molar-refractivity contribution is 5.88. The summed E-state index contributed by atoms with van der Waals surface area (Å²) < 4.78 is 0. The van der Waals surface area contributed by atoms with E-state index in [9.17, 15) is 4.79 Å². The van der Waals surface area contributed by atoms with Crippen LogP contribution in [-0.2, 0) is 16.8 Å². The van der Waals surface area contributed by atoms with Gasteiger partial charge in [0.25, 0.3) is 0 Å². The van der Waals surface area contributed by atoms with E-state index in [1.165, 1.54) is 12.5 Å². The number of amides is 1. The van der Waals surface area contributed by atoms with Crippen molar-refractivity contribution in [1.82, 2.24) is 14.9 Å². The Bertz CT molecular complexity index is 1010. The molecule has 5 heteroatoms. The van der Waals surface area contributed by atoms with Gasteiger partial charge in [0.2, 0.25) is 5.91 Å². The van der Waals surface area contributed by atoms with Crippen LogP contribution in [0.3, 0.4) is 0 Å². The maximum absolute atomic E-state index is 11.2. The highest BCUT2D eigenvalue weighted by Crippen LogP contribution is 2.36. The van der Waals surface area contributed by atoms with E-state index in [2.05, 4.69) is 51.6 Å². The smallest absolute Gasteiger partial charge is 0.221 e. The number of pyridine rings is 2. The van der Waals surface area contributed by atoms with Crippen LogP contribution in [0, 0.1) is 0 Å². The number of hydrogen-bond donors (Lipinski definition) is 1. The van der Waals surface area contributed by atoms with E-state index in [4.69, 9.17) is 4.98 Å². The van der Waals surface area contributed by atoms with Crippen molar-refractivity contribution in [3.63, 3.8) is 0 Å². The number of nitrogens with one attached hydrogen (secondary N) is 1. The first-order valence-electron chi connectivity index (χ1n) is 10.7. The predicted octanol–water partition coefficient (Wildman–Crippen LogP) is 4.68. The molecule has 158 valence electrons. The summed E-state index contributed by atoms with van der Waals surface area (Å²) in [4.78, 5) is 22.8. The number of likely N-dealkylation sites (tertiary alicyclic amines) is 1. The van der Waals surface area contributed by atoms with Gasteiger partial charge in [-0.3, -0.25) is 19.7 Å². The zero-order chi connectivity index (χ0) is 21.5. The van der Waals surface area contributed by atoms with E-state index in [1.54, 1.807) is 0 Å². The lowest BCUT2D eigenvalue weighted by Gasteiger charge is -2.40. The van der Waals surface area contributed by atoms with Crippen LogP contribution < -0.4 is 5.32 Å². The summed E-state index contributed by atoms with van der Waals surface area (Å²) in [6.07, 6.45) is 10.2. The normalized spacial score (nSPS) is 16.3. The highest BCUT2D eigenvalue weighted by atomic mass is 16.1. The zero-order valence-corrected chi connectivity index (χ0v) is 17.9. The average Bonchev–Trinajstić information content (AvgIpc) is 2.81. The van der Waals surface area contributed by atoms with Gasteiger partial charge in [0.05, 0.1) is 11.4 Å². The van der Waals surface area contributed by atoms with Gasteiger partial charge in [-0.1, -0.05) is 30.3 Å². The molecule has 4 rings (SSSR count). The molecule has 2 aromatic heterocycles. The Morgan fingerprint density at radius 3 is 2.32 bits per heavy atom. The quantitative estimate of drug-likeness (QED) is 0.639. The van der Waals surface area contributed by atoms with E-state index >= 15 is 0 Å². The first kappa shape index (κ1) is 20.9. The molecule has 1 aromatic carbocycles. The topological polar surface area (TPSA) is 58.1 Å². The van der Waals surface area contributed by atoms with Crippen LogP contribution in [0.15, 0.2) is 79.1 Å². The number of carbonyl (C=O) groups excluding carboxylic acids is 1. The third kappa shape index (κ3) is 5.44. The fraction of sp³-hybridized carbons (Fsp3) is 0.269. The van der Waals surface area contributed by atoms with E-state index < -0.39 is 0 Å². The van der Waals surface area contributed by atoms with Crippen molar-refractivity contribution in [2.75, 3.05) is 18.4 Å². The van der Waals surface area contributed by atoms with Crippen molar-refractivity contribution in [3.8, 4) is 0 Å². The number of carbonyl (C=O) groups is 1. The van der Waals surface area contributed by atoms with Crippen LogP contribution >= 0.6 is 0 Å². The Morgan fingerprint density at radius 2 is 1.71 bits per heavy atom. The fourth-order valence-corrected chi connectivity index (χ4v) is 4.15. The lowest BCUT2D eigenvalue weighted by molar-refractivity contribution is -0.114. The van der Waals surface area contributed by atoms with E-state index in [-0.39, 0.29) is 11.3 Å². The lowest BCUT2D eigenvalue weighted by atomic mass is 9.74. The summed E-state index contributed by atoms with van der Waals surface area (Å²) >= 11 is 0. The van der Waals surface area contributed by atoms with Gasteiger partial charge >= 0.3 is 0 Å². The van der Waals surface area contributed by atoms with Gasteiger partial charge in [-0.05, 0) is 74.0 Å². The molecule has 3 aromatic rings. The van der Waals surface area contributed by atoms with Crippen molar-refractivity contribution in [2.45, 2.75) is 31.7 Å². The van der Waals surface area contributed by atoms with Crippen LogP contribution in [0.4, 0.5) is 5.69 Å². The Labute approximate surface area is 183 Å². The minimum Gasteiger partial charge on any atom is -0.326 e. The first-order chi connectivity index (χ1) is 15.1. The Hall–Kier alpha value is -3.31. The molecule has 1 aliphatic rings. The van der Waals surface area contributed by atoms with Crippen molar-refractivity contribution in [1.29, 1.82) is 0 Å². The van der Waals surface area contributed by atoms with Crippen molar-refractivity contribution >= 4 is 17.7 Å². The number of aromatic nitrogens is 2. The molecule has 1 amide bonds. The second-order valence-electron chi connectivity index (χ2n) is 8.11. The molecule has 1 N–H and O–H groups in total. The summed E-state index contributed by atoms with van der Waals surface area (Å²) in [5.41, 5.74) is 4.11. The molecule has 5 nitrogen and oxygen atoms in total. The first-order valence-corrected chi connectivity index (χ1v) is 10.7. The highest BCUT2D eigenvalue weighted by Gasteiger charge is 2.35. The molecule has 0 atom stereocenters. The van der Waals surface area contributed by atoms with Crippen LogP contribution in [0.1, 0.15) is 36.7 Å². The van der Waals surface area contributed by atoms with Crippen LogP contribution in [0.2, 0.25) is 0 Å². The molecule has 1 aliphatic heterocycles. The molecule has 31 heavy (non-hydrogen) atoms. The average molecular weight is 413 g/mol. The second kappa shape index (κ2) is 9.67. The second-order valence-corrected chi connectivity index (χ2v) is 8.11. The number of allylic oxidation sites excluding steroid dienone is 1. The van der Waals surface area contributed by atoms with Gasteiger partial charge in [-0.15, -0.1) is 0 Å². The number of benzene rings is 1. The van der Waals surface area contributed by atoms with Gasteiger partial charge in [0, 0.05) is 37.0 Å². The minimum absolute atomic E-state index is 0.0478. The molecule has 0 bridgehead atoms. The molecule has 0 saturated carbocycles. The van der Waals surface area contributed by atoms with E-state index in [1.807, 2.05) is 48.8 Å². The molecule has 0 radical (unpaired) electrons. The summed E-state index contributed by atoms with van der Waals surface area (Å²) in [6.45, 7) is 4.42. The number of anilines is 1. The number of nitrogens with zero attached hydrogens (tertiary/aromatic N) is 3. The third-order valence-corrected chi connectivity index (χ3v) is 5.86. The molecular weight excluding hydrogens is 384 g/mol. The predicted molar refractivity (Wildman–Crippen MR) is 124 cm³/mol. The van der Waals surface area contributed by atoms with Crippen molar-refractivity contribution in [2.24, 2.45) is 0 Å². The standard InChI is InChI=1S/C26H28N4O/c1-21(31)29-24-10-8-22(9-11-24)20-30-18-14-26(15-19-30,25-7-3-5-17-28-25)13-12-23-6-2-4-16-27-23/h2-13,16-17H,14-15,18-20H2,1H3,(H,29,31). The summed E-state index contributed by atoms with van der Waals surface area (Å²) in [7, 11) is 0. The van der Waals surface area contributed by atoms with Crippen LogP contribution in [-0.4, -0.2) is 33.9 Å². The maximum Gasteiger partial charge on any atom is 0.221 e. The number of rotatable bonds is 6. The number of hydrogen-bond acceptors (Lipinski definition) is 4. The maximum atomic E-state index is 11.2. The van der Waals surface area contributed by atoms with Gasteiger partial charge in [-0.25, -0.2) is 0 Å². The third-order valence-electron chi connectivity index (χ3n) is 5.86. The Kier molecular flexibility index (Phi) is 6.53. The van der Waals surface area contributed by atoms with Gasteiger partial charge in [-0.2, -0.15) is 0 Å². The number of piperidine rings is 1. The SMILES string of the molecule is CC(=O)Nc1ccc(CN2CCC(C=Cc3ccccn3)(c3ccccn3)CC2)cc1. The lowest BCUT2D eigenvalue weighted by Crippen LogP contribution is -2.41. The van der Waals surface area contributed by atoms with Crippen LogP contribution in [0.5, 0.6) is 0 Å². The summed E-state index contributed by atoms with van der Waals surface area (Å²) in [5, 5.41) is 2.82. The molecule has 1 fully saturated rings. The van der Waals surface area contributed by atoms with Crippen molar-refractivity contribution in [3.05, 3.63) is 96.1 Å². The molecule has 1 saturated heterocycles. The monoisotopic (exact) mass is 412 g/mol. The summed E-state index contributed by atoms with van der Waals surface area (Å²) in [5.74, 6) is -0.0478. The van der Waals surface area contributed by atoms with Gasteiger partial charge < -0.3 is 5.32 Å². The van der Waals surface area contributed by atoms with E-state index in [0.717, 1.165) is 49.6 Å². The zero-order valence-electron chi connectivity index (χ0n) is 17.9. The van der Waals surface area contributed by atoms with Gasteiger partial charge in [0.1, 0.15) is 0 Å². The van der Waals surface area contributed by atoms with Crippen LogP contribution in [0.25, 0.3) is 6.08 Å². The van der Waals surface area contributed by atoms with Crippen molar-refractivity contribution < 1.29 is 4.79 Å². The molecule has 0 spiro atoms. The molecular formula is C26H28N4O. The van der Waals surface area contributed by atoms with Gasteiger partial charge in [0.15, 0.2) is 0 Å². The summed E-state index contributed by atoms with van der Waals surface area (Å²) in [6, 6.07) is 20.3. The Morgan fingerprint density at radius 1 is 1.00 bits per heavy atom. The van der Waals surface area contributed by atoms with E-state index in [0.29, 0.717) is 0 Å².